The lowest BCUT2D eigenvalue weighted by molar-refractivity contribution is -0.141. The van der Waals surface area contributed by atoms with Crippen molar-refractivity contribution in [1.82, 2.24) is 4.90 Å². The molecule has 0 spiro atoms. The molecule has 2 atom stereocenters. The average molecular weight is 369 g/mol. The average Bonchev–Trinajstić information content (AvgIpc) is 2.86. The molecular formula is C15H16INO2. The SMILES string of the molecule is CC1CC2C(=O)N(Cc3ccc(I)cc3)C(=O)C2C1. The maximum Gasteiger partial charge on any atom is 0.233 e. The van der Waals surface area contributed by atoms with E-state index in [1.807, 2.05) is 24.3 Å². The minimum Gasteiger partial charge on any atom is -0.278 e. The molecule has 1 aliphatic heterocycles. The van der Waals surface area contributed by atoms with Gasteiger partial charge in [-0.05, 0) is 59.0 Å². The first-order valence-electron chi connectivity index (χ1n) is 6.66. The third kappa shape index (κ3) is 2.30. The Bertz CT molecular complexity index is 501. The van der Waals surface area contributed by atoms with Crippen LogP contribution in [0.2, 0.25) is 0 Å². The molecule has 3 nitrogen and oxygen atoms in total. The van der Waals surface area contributed by atoms with Gasteiger partial charge in [0.25, 0.3) is 0 Å². The number of amides is 2. The second kappa shape index (κ2) is 4.89. The van der Waals surface area contributed by atoms with Gasteiger partial charge in [0.1, 0.15) is 0 Å². The second-order valence-electron chi connectivity index (χ2n) is 5.68. The highest BCUT2D eigenvalue weighted by atomic mass is 127. The molecule has 1 aromatic rings. The third-order valence-corrected chi connectivity index (χ3v) is 4.94. The van der Waals surface area contributed by atoms with Crippen LogP contribution in [0.5, 0.6) is 0 Å². The van der Waals surface area contributed by atoms with E-state index in [9.17, 15) is 9.59 Å². The summed E-state index contributed by atoms with van der Waals surface area (Å²) >= 11 is 2.25. The Kier molecular flexibility index (Phi) is 3.37. The van der Waals surface area contributed by atoms with Crippen LogP contribution in [0.15, 0.2) is 24.3 Å². The fourth-order valence-corrected chi connectivity index (χ4v) is 3.63. The Morgan fingerprint density at radius 3 is 2.16 bits per heavy atom. The largest absolute Gasteiger partial charge is 0.278 e. The smallest absolute Gasteiger partial charge is 0.233 e. The van der Waals surface area contributed by atoms with Crippen molar-refractivity contribution in [2.75, 3.05) is 0 Å². The van der Waals surface area contributed by atoms with Gasteiger partial charge in [0, 0.05) is 3.57 Å². The van der Waals surface area contributed by atoms with Crippen LogP contribution >= 0.6 is 22.6 Å². The van der Waals surface area contributed by atoms with E-state index in [0.717, 1.165) is 22.0 Å². The van der Waals surface area contributed by atoms with E-state index in [-0.39, 0.29) is 23.7 Å². The Morgan fingerprint density at radius 2 is 1.63 bits per heavy atom. The molecule has 0 aromatic heterocycles. The van der Waals surface area contributed by atoms with Gasteiger partial charge in [0.2, 0.25) is 11.8 Å². The van der Waals surface area contributed by atoms with Crippen molar-refractivity contribution >= 4 is 34.4 Å². The predicted octanol–water partition coefficient (Wildman–Crippen LogP) is 2.82. The van der Waals surface area contributed by atoms with Crippen molar-refractivity contribution in [3.8, 4) is 0 Å². The van der Waals surface area contributed by atoms with Crippen LogP contribution in [0.1, 0.15) is 25.3 Å². The van der Waals surface area contributed by atoms with Crippen LogP contribution in [0.3, 0.4) is 0 Å². The molecule has 1 saturated carbocycles. The molecule has 1 heterocycles. The summed E-state index contributed by atoms with van der Waals surface area (Å²) in [6.07, 6.45) is 1.75. The second-order valence-corrected chi connectivity index (χ2v) is 6.92. The summed E-state index contributed by atoms with van der Waals surface area (Å²) in [6.45, 7) is 2.55. The number of likely N-dealkylation sites (tertiary alicyclic amines) is 1. The van der Waals surface area contributed by atoms with E-state index in [1.165, 1.54) is 4.90 Å². The minimum atomic E-state index is -0.0497. The molecule has 1 aromatic carbocycles. The zero-order valence-corrected chi connectivity index (χ0v) is 13.0. The minimum absolute atomic E-state index is 0.0397. The Balaban J connectivity index is 1.78. The lowest BCUT2D eigenvalue weighted by atomic mass is 10.00. The summed E-state index contributed by atoms with van der Waals surface area (Å²) in [4.78, 5) is 26.1. The van der Waals surface area contributed by atoms with Gasteiger partial charge in [-0.2, -0.15) is 0 Å². The molecule has 4 heteroatoms. The molecule has 2 fully saturated rings. The van der Waals surface area contributed by atoms with Crippen LogP contribution in [-0.4, -0.2) is 16.7 Å². The fourth-order valence-electron chi connectivity index (χ4n) is 3.27. The summed E-state index contributed by atoms with van der Waals surface area (Å²) in [7, 11) is 0. The molecule has 1 aliphatic carbocycles. The van der Waals surface area contributed by atoms with E-state index in [1.54, 1.807) is 0 Å². The van der Waals surface area contributed by atoms with Gasteiger partial charge < -0.3 is 0 Å². The standard InChI is InChI=1S/C15H16INO2/c1-9-6-12-13(7-9)15(19)17(14(12)18)8-10-2-4-11(16)5-3-10/h2-5,9,12-13H,6-8H2,1H3. The number of halogens is 1. The van der Waals surface area contributed by atoms with Gasteiger partial charge in [0.15, 0.2) is 0 Å². The third-order valence-electron chi connectivity index (χ3n) is 4.22. The van der Waals surface area contributed by atoms with Gasteiger partial charge in [-0.3, -0.25) is 14.5 Å². The number of rotatable bonds is 2. The fraction of sp³-hybridized carbons (Fsp3) is 0.467. The molecule has 100 valence electrons. The first kappa shape index (κ1) is 13.1. The Hall–Kier alpha value is -0.910. The molecule has 2 unspecified atom stereocenters. The molecule has 0 N–H and O–H groups in total. The van der Waals surface area contributed by atoms with Crippen molar-refractivity contribution in [3.63, 3.8) is 0 Å². The highest BCUT2D eigenvalue weighted by Gasteiger charge is 2.51. The van der Waals surface area contributed by atoms with Crippen molar-refractivity contribution in [3.05, 3.63) is 33.4 Å². The number of fused-ring (bicyclic) bond motifs is 1. The lowest BCUT2D eigenvalue weighted by Gasteiger charge is -2.16. The van der Waals surface area contributed by atoms with Crippen molar-refractivity contribution < 1.29 is 9.59 Å². The number of nitrogens with zero attached hydrogens (tertiary/aromatic N) is 1. The monoisotopic (exact) mass is 369 g/mol. The molecule has 2 amide bonds. The highest BCUT2D eigenvalue weighted by Crippen LogP contribution is 2.43. The maximum absolute atomic E-state index is 12.3. The Morgan fingerprint density at radius 1 is 1.11 bits per heavy atom. The highest BCUT2D eigenvalue weighted by molar-refractivity contribution is 14.1. The summed E-state index contributed by atoms with van der Waals surface area (Å²) in [5.41, 5.74) is 1.02. The first-order valence-corrected chi connectivity index (χ1v) is 7.74. The number of hydrogen-bond acceptors (Lipinski definition) is 2. The predicted molar refractivity (Wildman–Crippen MR) is 80.1 cm³/mol. The molecular weight excluding hydrogens is 353 g/mol. The topological polar surface area (TPSA) is 37.4 Å². The number of benzene rings is 1. The lowest BCUT2D eigenvalue weighted by Crippen LogP contribution is -2.31. The number of hydrogen-bond donors (Lipinski definition) is 0. The number of imide groups is 1. The van der Waals surface area contributed by atoms with Gasteiger partial charge in [0.05, 0.1) is 18.4 Å². The van der Waals surface area contributed by atoms with E-state index in [2.05, 4.69) is 29.5 Å². The molecule has 3 rings (SSSR count). The van der Waals surface area contributed by atoms with E-state index in [4.69, 9.17) is 0 Å². The van der Waals surface area contributed by atoms with Crippen LogP contribution in [-0.2, 0) is 16.1 Å². The summed E-state index contributed by atoms with van der Waals surface area (Å²) < 4.78 is 1.16. The molecule has 0 radical (unpaired) electrons. The zero-order valence-electron chi connectivity index (χ0n) is 10.8. The number of carbonyl (C=O) groups is 2. The summed E-state index contributed by atoms with van der Waals surface area (Å²) in [6, 6.07) is 7.98. The molecule has 19 heavy (non-hydrogen) atoms. The normalized spacial score (nSPS) is 30.0. The number of carbonyl (C=O) groups excluding carboxylic acids is 2. The summed E-state index contributed by atoms with van der Waals surface area (Å²) in [5.74, 6) is 0.483. The van der Waals surface area contributed by atoms with Crippen molar-refractivity contribution in [2.45, 2.75) is 26.3 Å². The van der Waals surface area contributed by atoms with Crippen LogP contribution in [0, 0.1) is 21.3 Å². The summed E-state index contributed by atoms with van der Waals surface area (Å²) in [5, 5.41) is 0. The molecule has 1 saturated heterocycles. The zero-order chi connectivity index (χ0) is 13.6. The van der Waals surface area contributed by atoms with Gasteiger partial charge in [-0.25, -0.2) is 0 Å². The van der Waals surface area contributed by atoms with E-state index < -0.39 is 0 Å². The van der Waals surface area contributed by atoms with Crippen molar-refractivity contribution in [1.29, 1.82) is 0 Å². The maximum atomic E-state index is 12.3. The molecule has 2 aliphatic rings. The van der Waals surface area contributed by atoms with Gasteiger partial charge >= 0.3 is 0 Å². The van der Waals surface area contributed by atoms with Crippen molar-refractivity contribution in [2.24, 2.45) is 17.8 Å². The van der Waals surface area contributed by atoms with E-state index in [0.29, 0.717) is 12.5 Å². The van der Waals surface area contributed by atoms with Crippen LogP contribution in [0.4, 0.5) is 0 Å². The van der Waals surface area contributed by atoms with Gasteiger partial charge in [-0.1, -0.05) is 19.1 Å². The molecule has 0 bridgehead atoms. The first-order chi connectivity index (χ1) is 9.06. The Labute approximate surface area is 126 Å². The van der Waals surface area contributed by atoms with Gasteiger partial charge in [-0.15, -0.1) is 0 Å². The quantitative estimate of drug-likeness (QED) is 0.594. The van der Waals surface area contributed by atoms with E-state index >= 15 is 0 Å². The van der Waals surface area contributed by atoms with Crippen LogP contribution in [0.25, 0.3) is 0 Å². The van der Waals surface area contributed by atoms with Crippen LogP contribution < -0.4 is 0 Å².